The predicted octanol–water partition coefficient (Wildman–Crippen LogP) is 3.16. The molecule has 2 rings (SSSR count). The maximum absolute atomic E-state index is 6.32. The number of nitrogens with zero attached hydrogens (tertiary/aromatic N) is 1. The number of piperidine rings is 1. The highest BCUT2D eigenvalue weighted by Crippen LogP contribution is 2.38. The van der Waals surface area contributed by atoms with Gasteiger partial charge in [-0.1, -0.05) is 33.1 Å². The van der Waals surface area contributed by atoms with Gasteiger partial charge in [-0.3, -0.25) is 4.90 Å². The summed E-state index contributed by atoms with van der Waals surface area (Å²) in [6.07, 6.45) is 10.9. The minimum Gasteiger partial charge on any atom is -0.327 e. The Morgan fingerprint density at radius 3 is 2.71 bits per heavy atom. The molecule has 0 aromatic carbocycles. The minimum absolute atomic E-state index is 0.392. The molecule has 1 heterocycles. The van der Waals surface area contributed by atoms with E-state index in [1.807, 2.05) is 0 Å². The Hall–Kier alpha value is -0.0800. The molecule has 2 nitrogen and oxygen atoms in total. The van der Waals surface area contributed by atoms with Crippen molar-refractivity contribution in [2.24, 2.45) is 11.1 Å². The standard InChI is InChI=1S/C15H30N2/c1-3-7-13-8-4-5-11-17(13)12-15(2)10-6-9-14(15)16/h13-14H,3-12,16H2,1-2H3. The number of rotatable bonds is 4. The van der Waals surface area contributed by atoms with E-state index < -0.39 is 0 Å². The molecule has 0 amide bonds. The van der Waals surface area contributed by atoms with E-state index in [2.05, 4.69) is 18.7 Å². The molecule has 0 bridgehead atoms. The van der Waals surface area contributed by atoms with Crippen LogP contribution in [0.5, 0.6) is 0 Å². The predicted molar refractivity (Wildman–Crippen MR) is 74.1 cm³/mol. The molecule has 3 atom stereocenters. The lowest BCUT2D eigenvalue weighted by Gasteiger charge is -2.42. The van der Waals surface area contributed by atoms with Gasteiger partial charge in [0.1, 0.15) is 0 Å². The van der Waals surface area contributed by atoms with Crippen LogP contribution in [-0.4, -0.2) is 30.1 Å². The molecule has 2 heteroatoms. The molecule has 2 aliphatic rings. The van der Waals surface area contributed by atoms with Gasteiger partial charge in [-0.15, -0.1) is 0 Å². The molecular weight excluding hydrogens is 208 g/mol. The summed E-state index contributed by atoms with van der Waals surface area (Å²) in [7, 11) is 0. The summed E-state index contributed by atoms with van der Waals surface area (Å²) < 4.78 is 0. The van der Waals surface area contributed by atoms with E-state index in [9.17, 15) is 0 Å². The Labute approximate surface area is 107 Å². The van der Waals surface area contributed by atoms with Gasteiger partial charge in [-0.25, -0.2) is 0 Å². The van der Waals surface area contributed by atoms with Crippen LogP contribution in [0.15, 0.2) is 0 Å². The van der Waals surface area contributed by atoms with E-state index in [-0.39, 0.29) is 0 Å². The molecular formula is C15H30N2. The first kappa shape index (κ1) is 13.4. The Morgan fingerprint density at radius 2 is 2.06 bits per heavy atom. The SMILES string of the molecule is CCCC1CCCCN1CC1(C)CCCC1N. The smallest absolute Gasteiger partial charge is 0.0105 e. The average Bonchev–Trinajstić information content (AvgIpc) is 2.62. The lowest BCUT2D eigenvalue weighted by Crippen LogP contribution is -2.49. The van der Waals surface area contributed by atoms with Gasteiger partial charge < -0.3 is 5.73 Å². The summed E-state index contributed by atoms with van der Waals surface area (Å²) >= 11 is 0. The summed E-state index contributed by atoms with van der Waals surface area (Å²) in [6.45, 7) is 7.30. The molecule has 17 heavy (non-hydrogen) atoms. The van der Waals surface area contributed by atoms with Gasteiger partial charge in [0.15, 0.2) is 0 Å². The number of hydrogen-bond donors (Lipinski definition) is 1. The van der Waals surface area contributed by atoms with Crippen LogP contribution in [-0.2, 0) is 0 Å². The van der Waals surface area contributed by atoms with Crippen LogP contribution in [0.2, 0.25) is 0 Å². The topological polar surface area (TPSA) is 29.3 Å². The van der Waals surface area contributed by atoms with Crippen molar-refractivity contribution >= 4 is 0 Å². The van der Waals surface area contributed by atoms with Crippen molar-refractivity contribution in [3.05, 3.63) is 0 Å². The van der Waals surface area contributed by atoms with E-state index in [1.54, 1.807) is 0 Å². The van der Waals surface area contributed by atoms with Crippen LogP contribution in [0.1, 0.15) is 65.2 Å². The Kier molecular flexibility index (Phi) is 4.48. The largest absolute Gasteiger partial charge is 0.327 e. The van der Waals surface area contributed by atoms with Gasteiger partial charge in [-0.2, -0.15) is 0 Å². The molecule has 0 spiro atoms. The molecule has 1 aliphatic heterocycles. The normalized spacial score (nSPS) is 39.7. The van der Waals surface area contributed by atoms with Gasteiger partial charge in [0, 0.05) is 18.6 Å². The molecule has 3 unspecified atom stereocenters. The summed E-state index contributed by atoms with van der Waals surface area (Å²) in [5.74, 6) is 0. The Balaban J connectivity index is 1.95. The number of hydrogen-bond acceptors (Lipinski definition) is 2. The highest BCUT2D eigenvalue weighted by Gasteiger charge is 2.39. The minimum atomic E-state index is 0.392. The third kappa shape index (κ3) is 3.03. The van der Waals surface area contributed by atoms with Crippen molar-refractivity contribution in [3.63, 3.8) is 0 Å². The third-order valence-electron chi connectivity index (χ3n) is 5.09. The summed E-state index contributed by atoms with van der Waals surface area (Å²) in [4.78, 5) is 2.76. The summed E-state index contributed by atoms with van der Waals surface area (Å²) in [6, 6.07) is 1.28. The molecule has 0 aromatic rings. The van der Waals surface area contributed by atoms with E-state index >= 15 is 0 Å². The fraction of sp³-hybridized carbons (Fsp3) is 1.00. The Bertz CT molecular complexity index is 239. The van der Waals surface area contributed by atoms with Crippen molar-refractivity contribution in [1.82, 2.24) is 4.90 Å². The fourth-order valence-corrected chi connectivity index (χ4v) is 3.85. The lowest BCUT2D eigenvalue weighted by atomic mass is 9.83. The monoisotopic (exact) mass is 238 g/mol. The molecule has 2 N–H and O–H groups in total. The first-order chi connectivity index (χ1) is 8.15. The number of likely N-dealkylation sites (tertiary alicyclic amines) is 1. The molecule has 0 aromatic heterocycles. The highest BCUT2D eigenvalue weighted by molar-refractivity contribution is 4.95. The third-order valence-corrected chi connectivity index (χ3v) is 5.09. The maximum Gasteiger partial charge on any atom is 0.0105 e. The van der Waals surface area contributed by atoms with Gasteiger partial charge in [-0.05, 0) is 44.1 Å². The summed E-state index contributed by atoms with van der Waals surface area (Å²) in [5.41, 5.74) is 6.72. The van der Waals surface area contributed by atoms with Crippen molar-refractivity contribution in [1.29, 1.82) is 0 Å². The first-order valence-electron chi connectivity index (χ1n) is 7.65. The molecule has 1 saturated carbocycles. The van der Waals surface area contributed by atoms with E-state index in [1.165, 1.54) is 64.5 Å². The lowest BCUT2D eigenvalue weighted by molar-refractivity contribution is 0.0781. The summed E-state index contributed by atoms with van der Waals surface area (Å²) in [5, 5.41) is 0. The zero-order valence-electron chi connectivity index (χ0n) is 11.8. The second-order valence-electron chi connectivity index (χ2n) is 6.56. The first-order valence-corrected chi connectivity index (χ1v) is 7.65. The highest BCUT2D eigenvalue weighted by atomic mass is 15.2. The van der Waals surface area contributed by atoms with Gasteiger partial charge in [0.25, 0.3) is 0 Å². The molecule has 100 valence electrons. The zero-order valence-corrected chi connectivity index (χ0v) is 11.8. The van der Waals surface area contributed by atoms with Crippen LogP contribution in [0.25, 0.3) is 0 Å². The maximum atomic E-state index is 6.32. The molecule has 2 fully saturated rings. The molecule has 1 saturated heterocycles. The van der Waals surface area contributed by atoms with Crippen LogP contribution in [0, 0.1) is 5.41 Å². The van der Waals surface area contributed by atoms with Crippen molar-refractivity contribution in [2.75, 3.05) is 13.1 Å². The Morgan fingerprint density at radius 1 is 1.24 bits per heavy atom. The molecule has 1 aliphatic carbocycles. The average molecular weight is 238 g/mol. The van der Waals surface area contributed by atoms with Crippen LogP contribution in [0.4, 0.5) is 0 Å². The van der Waals surface area contributed by atoms with Crippen LogP contribution < -0.4 is 5.73 Å². The van der Waals surface area contributed by atoms with Crippen molar-refractivity contribution < 1.29 is 0 Å². The van der Waals surface area contributed by atoms with Gasteiger partial charge >= 0.3 is 0 Å². The second kappa shape index (κ2) is 5.71. The van der Waals surface area contributed by atoms with Gasteiger partial charge in [0.05, 0.1) is 0 Å². The van der Waals surface area contributed by atoms with E-state index in [4.69, 9.17) is 5.73 Å². The molecule has 0 radical (unpaired) electrons. The fourth-order valence-electron chi connectivity index (χ4n) is 3.85. The second-order valence-corrected chi connectivity index (χ2v) is 6.56. The van der Waals surface area contributed by atoms with Gasteiger partial charge in [0.2, 0.25) is 0 Å². The van der Waals surface area contributed by atoms with Crippen LogP contribution >= 0.6 is 0 Å². The van der Waals surface area contributed by atoms with E-state index in [0.717, 1.165) is 6.04 Å². The van der Waals surface area contributed by atoms with Crippen LogP contribution in [0.3, 0.4) is 0 Å². The van der Waals surface area contributed by atoms with Crippen molar-refractivity contribution in [2.45, 2.75) is 77.3 Å². The van der Waals surface area contributed by atoms with E-state index in [0.29, 0.717) is 11.5 Å². The quantitative estimate of drug-likeness (QED) is 0.815. The zero-order chi connectivity index (χ0) is 12.3. The van der Waals surface area contributed by atoms with Crippen molar-refractivity contribution in [3.8, 4) is 0 Å². The number of nitrogens with two attached hydrogens (primary N) is 1.